The lowest BCUT2D eigenvalue weighted by Gasteiger charge is -2.34. The molecule has 2 rings (SSSR count). The molecule has 0 bridgehead atoms. The minimum atomic E-state index is -0.629. The van der Waals surface area contributed by atoms with Crippen molar-refractivity contribution in [3.8, 4) is 6.07 Å². The Labute approximate surface area is 110 Å². The molecule has 0 heterocycles. The van der Waals surface area contributed by atoms with Gasteiger partial charge in [-0.05, 0) is 25.3 Å². The Morgan fingerprint density at radius 3 is 2.50 bits per heavy atom. The van der Waals surface area contributed by atoms with Crippen LogP contribution in [0.25, 0.3) is 0 Å². The zero-order valence-electron chi connectivity index (χ0n) is 11.1. The van der Waals surface area contributed by atoms with E-state index >= 15 is 0 Å². The Balaban J connectivity index is 1.97. The van der Waals surface area contributed by atoms with E-state index in [2.05, 4.69) is 6.07 Å². The maximum absolute atomic E-state index is 9.44. The summed E-state index contributed by atoms with van der Waals surface area (Å²) in [7, 11) is 0. The largest absolute Gasteiger partial charge is 0.355 e. The standard InChI is InChI=1S/C16H21NO/c1-16(13-17,15-10-6-3-7-11-15)18-12-14-8-4-2-5-9-14/h2,4-5,8-9,15H,3,6-7,10-12H2,1H3. The van der Waals surface area contributed by atoms with E-state index in [0.29, 0.717) is 12.5 Å². The van der Waals surface area contributed by atoms with Crippen LogP contribution in [0.2, 0.25) is 0 Å². The third kappa shape index (κ3) is 3.11. The Morgan fingerprint density at radius 2 is 1.89 bits per heavy atom. The summed E-state index contributed by atoms with van der Waals surface area (Å²) in [6, 6.07) is 12.5. The van der Waals surface area contributed by atoms with Crippen molar-refractivity contribution in [3.63, 3.8) is 0 Å². The quantitative estimate of drug-likeness (QED) is 0.798. The monoisotopic (exact) mass is 243 g/mol. The highest BCUT2D eigenvalue weighted by molar-refractivity contribution is 5.14. The smallest absolute Gasteiger partial charge is 0.154 e. The second-order valence-electron chi connectivity index (χ2n) is 5.33. The average molecular weight is 243 g/mol. The molecule has 0 saturated heterocycles. The molecule has 0 aliphatic heterocycles. The molecule has 1 aromatic carbocycles. The van der Waals surface area contributed by atoms with Crippen LogP contribution in [0.4, 0.5) is 0 Å². The van der Waals surface area contributed by atoms with Gasteiger partial charge in [-0.1, -0.05) is 49.6 Å². The maximum Gasteiger partial charge on any atom is 0.154 e. The van der Waals surface area contributed by atoms with Gasteiger partial charge in [-0.25, -0.2) is 0 Å². The average Bonchev–Trinajstić information content (AvgIpc) is 2.47. The van der Waals surface area contributed by atoms with Crippen molar-refractivity contribution in [2.45, 2.75) is 51.2 Å². The first-order valence-corrected chi connectivity index (χ1v) is 6.84. The summed E-state index contributed by atoms with van der Waals surface area (Å²) in [6.07, 6.45) is 6.02. The van der Waals surface area contributed by atoms with Crippen LogP contribution in [0.1, 0.15) is 44.6 Å². The van der Waals surface area contributed by atoms with Crippen molar-refractivity contribution in [1.82, 2.24) is 0 Å². The molecule has 1 atom stereocenters. The van der Waals surface area contributed by atoms with Crippen LogP contribution in [-0.2, 0) is 11.3 Å². The van der Waals surface area contributed by atoms with Crippen LogP contribution in [-0.4, -0.2) is 5.60 Å². The molecular formula is C16H21NO. The molecule has 2 nitrogen and oxygen atoms in total. The highest BCUT2D eigenvalue weighted by atomic mass is 16.5. The van der Waals surface area contributed by atoms with E-state index in [0.717, 1.165) is 18.4 Å². The molecule has 1 saturated carbocycles. The van der Waals surface area contributed by atoms with Crippen LogP contribution in [0.15, 0.2) is 30.3 Å². The van der Waals surface area contributed by atoms with Crippen molar-refractivity contribution in [2.24, 2.45) is 5.92 Å². The Morgan fingerprint density at radius 1 is 1.22 bits per heavy atom. The van der Waals surface area contributed by atoms with E-state index in [1.807, 2.05) is 37.3 Å². The summed E-state index contributed by atoms with van der Waals surface area (Å²) in [6.45, 7) is 2.48. The van der Waals surface area contributed by atoms with Crippen LogP contribution in [0.5, 0.6) is 0 Å². The van der Waals surface area contributed by atoms with Crippen molar-refractivity contribution >= 4 is 0 Å². The SMILES string of the molecule is CC(C#N)(OCc1ccccc1)C1CCCCC1. The molecule has 1 unspecified atom stereocenters. The van der Waals surface area contributed by atoms with E-state index in [1.165, 1.54) is 19.3 Å². The van der Waals surface area contributed by atoms with Crippen molar-refractivity contribution in [2.75, 3.05) is 0 Å². The second kappa shape index (κ2) is 6.02. The predicted molar refractivity (Wildman–Crippen MR) is 71.8 cm³/mol. The Kier molecular flexibility index (Phi) is 4.38. The molecule has 1 aliphatic rings. The van der Waals surface area contributed by atoms with Gasteiger partial charge in [0, 0.05) is 5.92 Å². The number of ether oxygens (including phenoxy) is 1. The van der Waals surface area contributed by atoms with Crippen molar-refractivity contribution in [3.05, 3.63) is 35.9 Å². The fourth-order valence-corrected chi connectivity index (χ4v) is 2.70. The van der Waals surface area contributed by atoms with Crippen LogP contribution in [0, 0.1) is 17.2 Å². The minimum Gasteiger partial charge on any atom is -0.355 e. The molecule has 1 aromatic rings. The first-order valence-electron chi connectivity index (χ1n) is 6.84. The summed E-state index contributed by atoms with van der Waals surface area (Å²) >= 11 is 0. The molecule has 0 radical (unpaired) electrons. The third-order valence-electron chi connectivity index (χ3n) is 3.99. The van der Waals surface area contributed by atoms with E-state index < -0.39 is 5.60 Å². The Bertz CT molecular complexity index is 403. The highest BCUT2D eigenvalue weighted by Gasteiger charge is 2.36. The van der Waals surface area contributed by atoms with E-state index in [4.69, 9.17) is 4.74 Å². The molecule has 0 N–H and O–H groups in total. The van der Waals surface area contributed by atoms with Gasteiger partial charge >= 0.3 is 0 Å². The van der Waals surface area contributed by atoms with Gasteiger partial charge < -0.3 is 4.74 Å². The lowest BCUT2D eigenvalue weighted by molar-refractivity contribution is -0.0523. The van der Waals surface area contributed by atoms with E-state index in [1.54, 1.807) is 0 Å². The number of rotatable bonds is 4. The molecular weight excluding hydrogens is 222 g/mol. The zero-order chi connectivity index (χ0) is 12.8. The van der Waals surface area contributed by atoms with Gasteiger partial charge in [0.05, 0.1) is 12.7 Å². The van der Waals surface area contributed by atoms with Crippen molar-refractivity contribution < 1.29 is 4.74 Å². The minimum absolute atomic E-state index is 0.389. The first-order chi connectivity index (χ1) is 8.74. The molecule has 0 spiro atoms. The maximum atomic E-state index is 9.44. The number of benzene rings is 1. The van der Waals surface area contributed by atoms with Gasteiger partial charge in [-0.15, -0.1) is 0 Å². The predicted octanol–water partition coefficient (Wildman–Crippen LogP) is 4.07. The lowest BCUT2D eigenvalue weighted by Crippen LogP contribution is -2.37. The zero-order valence-corrected chi connectivity index (χ0v) is 11.1. The fourth-order valence-electron chi connectivity index (χ4n) is 2.70. The second-order valence-corrected chi connectivity index (χ2v) is 5.33. The van der Waals surface area contributed by atoms with Gasteiger partial charge in [0.2, 0.25) is 0 Å². The summed E-state index contributed by atoms with van der Waals surface area (Å²) in [5.74, 6) is 0.389. The first kappa shape index (κ1) is 13.1. The van der Waals surface area contributed by atoms with Gasteiger partial charge in [-0.2, -0.15) is 5.26 Å². The molecule has 96 valence electrons. The molecule has 18 heavy (non-hydrogen) atoms. The number of hydrogen-bond donors (Lipinski definition) is 0. The van der Waals surface area contributed by atoms with Gasteiger partial charge in [-0.3, -0.25) is 0 Å². The summed E-state index contributed by atoms with van der Waals surface area (Å²) in [4.78, 5) is 0. The summed E-state index contributed by atoms with van der Waals surface area (Å²) in [5.41, 5.74) is 0.505. The van der Waals surface area contributed by atoms with Crippen LogP contribution in [0.3, 0.4) is 0 Å². The number of hydrogen-bond acceptors (Lipinski definition) is 2. The summed E-state index contributed by atoms with van der Waals surface area (Å²) in [5, 5.41) is 9.44. The third-order valence-corrected chi connectivity index (χ3v) is 3.99. The number of nitriles is 1. The van der Waals surface area contributed by atoms with Crippen molar-refractivity contribution in [1.29, 1.82) is 5.26 Å². The molecule has 0 aromatic heterocycles. The number of nitrogens with zero attached hydrogens (tertiary/aromatic N) is 1. The topological polar surface area (TPSA) is 33.0 Å². The summed E-state index contributed by atoms with van der Waals surface area (Å²) < 4.78 is 5.94. The van der Waals surface area contributed by atoms with Gasteiger partial charge in [0.25, 0.3) is 0 Å². The fraction of sp³-hybridized carbons (Fsp3) is 0.562. The molecule has 0 amide bonds. The van der Waals surface area contributed by atoms with Gasteiger partial charge in [0.1, 0.15) is 0 Å². The lowest BCUT2D eigenvalue weighted by atomic mass is 9.78. The molecule has 1 fully saturated rings. The molecule has 1 aliphatic carbocycles. The van der Waals surface area contributed by atoms with E-state index in [9.17, 15) is 5.26 Å². The van der Waals surface area contributed by atoms with E-state index in [-0.39, 0.29) is 0 Å². The highest BCUT2D eigenvalue weighted by Crippen LogP contribution is 2.35. The van der Waals surface area contributed by atoms with Crippen LogP contribution >= 0.6 is 0 Å². The van der Waals surface area contributed by atoms with Gasteiger partial charge in [0.15, 0.2) is 5.60 Å². The normalized spacial score (nSPS) is 20.0. The van der Waals surface area contributed by atoms with Crippen LogP contribution < -0.4 is 0 Å². The molecule has 2 heteroatoms. The Hall–Kier alpha value is -1.33.